The molecule has 3 nitrogen and oxygen atoms in total. The number of nitrogens with zero attached hydrogens (tertiary/aromatic N) is 1. The van der Waals surface area contributed by atoms with Gasteiger partial charge in [0.15, 0.2) is 0 Å². The van der Waals surface area contributed by atoms with Gasteiger partial charge in [-0.2, -0.15) is 0 Å². The average Bonchev–Trinajstić information content (AvgIpc) is 1.68. The molecule has 0 aliphatic carbocycles. The van der Waals surface area contributed by atoms with Crippen molar-refractivity contribution in [1.29, 1.82) is 0 Å². The van der Waals surface area contributed by atoms with Crippen LogP contribution >= 0.6 is 0 Å². The Morgan fingerprint density at radius 2 is 2.12 bits per heavy atom. The lowest BCUT2D eigenvalue weighted by Crippen LogP contribution is -2.35. The van der Waals surface area contributed by atoms with Crippen LogP contribution in [-0.2, 0) is 0 Å². The van der Waals surface area contributed by atoms with E-state index < -0.39 is 0 Å². The van der Waals surface area contributed by atoms with Crippen molar-refractivity contribution in [3.05, 3.63) is 0 Å². The van der Waals surface area contributed by atoms with Crippen LogP contribution in [0.5, 0.6) is 0 Å². The van der Waals surface area contributed by atoms with Gasteiger partial charge in [0.05, 0.1) is 0 Å². The summed E-state index contributed by atoms with van der Waals surface area (Å²) in [4.78, 5) is 0. The number of nitrogens with one attached hydrogen (secondary N) is 1. The van der Waals surface area contributed by atoms with E-state index in [0.29, 0.717) is 6.54 Å². The predicted octanol–water partition coefficient (Wildman–Crippen LogP) is 0.612. The van der Waals surface area contributed by atoms with Gasteiger partial charge in [-0.25, -0.2) is 5.43 Å². The van der Waals surface area contributed by atoms with Gasteiger partial charge >= 0.3 is 0 Å². The first-order valence-corrected chi connectivity index (χ1v) is 3.01. The van der Waals surface area contributed by atoms with Crippen molar-refractivity contribution in [1.82, 2.24) is 10.6 Å². The van der Waals surface area contributed by atoms with E-state index in [1.807, 2.05) is 13.8 Å². The molecule has 0 rings (SSSR count). The molecule has 0 saturated carbocycles. The lowest BCUT2D eigenvalue weighted by Gasteiger charge is -2.12. The Balaban J connectivity index is 2.92. The second kappa shape index (κ2) is 5.03. The molecule has 8 heavy (non-hydrogen) atoms. The molecule has 0 bridgehead atoms. The van der Waals surface area contributed by atoms with E-state index in [2.05, 4.69) is 5.43 Å². The molecular formula is C5H14N2O. The zero-order chi connectivity index (χ0) is 6.41. The molecule has 2 N–H and O–H groups in total. The number of hydrazine groups is 1. The Bertz CT molecular complexity index is 43.7. The second-order valence-corrected chi connectivity index (χ2v) is 1.63. The fourth-order valence-electron chi connectivity index (χ4n) is 0.473. The van der Waals surface area contributed by atoms with Crippen molar-refractivity contribution in [2.24, 2.45) is 0 Å². The first kappa shape index (κ1) is 7.88. The molecule has 0 heterocycles. The molecule has 0 fully saturated rings. The second-order valence-electron chi connectivity index (χ2n) is 1.63. The maximum absolute atomic E-state index is 8.77. The maximum Gasteiger partial charge on any atom is 0.0396 e. The fourth-order valence-corrected chi connectivity index (χ4v) is 0.473. The highest BCUT2D eigenvalue weighted by Crippen LogP contribution is 1.77. The molecule has 0 atom stereocenters. The van der Waals surface area contributed by atoms with E-state index >= 15 is 0 Å². The molecule has 0 aromatic carbocycles. The largest absolute Gasteiger partial charge is 0.299 e. The van der Waals surface area contributed by atoms with Crippen LogP contribution in [0.2, 0.25) is 0 Å². The first-order chi connectivity index (χ1) is 3.81. The summed E-state index contributed by atoms with van der Waals surface area (Å²) >= 11 is 0. The summed E-state index contributed by atoms with van der Waals surface area (Å²) in [5, 5.41) is 9.88. The summed E-state index contributed by atoms with van der Waals surface area (Å²) in [6, 6.07) is 0. The smallest absolute Gasteiger partial charge is 0.0396 e. The highest BCUT2D eigenvalue weighted by molar-refractivity contribution is 4.32. The monoisotopic (exact) mass is 118 g/mol. The summed E-state index contributed by atoms with van der Waals surface area (Å²) < 4.78 is 0. The molecule has 0 aromatic heterocycles. The van der Waals surface area contributed by atoms with E-state index in [0.717, 1.165) is 18.1 Å². The first-order valence-electron chi connectivity index (χ1n) is 3.01. The number of hydrogen-bond donors (Lipinski definition) is 2. The van der Waals surface area contributed by atoms with Crippen molar-refractivity contribution in [3.63, 3.8) is 0 Å². The van der Waals surface area contributed by atoms with Crippen LogP contribution in [0.4, 0.5) is 0 Å². The standard InChI is InChI=1S/C5H14N2O/c1-3-5-7(8)6-4-2/h6,8H,3-5H2,1-2H3. The molecule has 0 radical (unpaired) electrons. The van der Waals surface area contributed by atoms with E-state index in [-0.39, 0.29) is 0 Å². The molecule has 0 aliphatic rings. The van der Waals surface area contributed by atoms with E-state index in [9.17, 15) is 0 Å². The Hall–Kier alpha value is -0.120. The highest BCUT2D eigenvalue weighted by atomic mass is 16.5. The Kier molecular flexibility index (Phi) is 4.95. The maximum atomic E-state index is 8.77. The van der Waals surface area contributed by atoms with Gasteiger partial charge in [0.2, 0.25) is 0 Å². The van der Waals surface area contributed by atoms with Crippen LogP contribution < -0.4 is 5.43 Å². The molecule has 0 saturated heterocycles. The van der Waals surface area contributed by atoms with Gasteiger partial charge < -0.3 is 0 Å². The zero-order valence-corrected chi connectivity index (χ0v) is 5.52. The third-order valence-electron chi connectivity index (χ3n) is 0.776. The summed E-state index contributed by atoms with van der Waals surface area (Å²) in [5.74, 6) is 0. The van der Waals surface area contributed by atoms with Gasteiger partial charge in [0.25, 0.3) is 0 Å². The lowest BCUT2D eigenvalue weighted by atomic mass is 10.5. The minimum Gasteiger partial charge on any atom is -0.299 e. The number of hydroxylamine groups is 1. The Morgan fingerprint density at radius 1 is 1.50 bits per heavy atom. The minimum atomic E-state index is 0.688. The van der Waals surface area contributed by atoms with Crippen LogP contribution in [0.15, 0.2) is 0 Å². The topological polar surface area (TPSA) is 35.5 Å². The van der Waals surface area contributed by atoms with E-state index in [4.69, 9.17) is 5.21 Å². The third-order valence-corrected chi connectivity index (χ3v) is 0.776. The van der Waals surface area contributed by atoms with Crippen molar-refractivity contribution in [2.75, 3.05) is 13.1 Å². The van der Waals surface area contributed by atoms with Crippen molar-refractivity contribution in [3.8, 4) is 0 Å². The molecule has 0 amide bonds. The van der Waals surface area contributed by atoms with Crippen LogP contribution in [0.3, 0.4) is 0 Å². The van der Waals surface area contributed by atoms with Crippen LogP contribution in [-0.4, -0.2) is 23.5 Å². The quantitative estimate of drug-likeness (QED) is 0.531. The summed E-state index contributed by atoms with van der Waals surface area (Å²) in [6.07, 6.45) is 0.962. The number of hydrogen-bond acceptors (Lipinski definition) is 3. The normalized spacial score (nSPS) is 10.5. The molecule has 0 spiro atoms. The van der Waals surface area contributed by atoms with Gasteiger partial charge in [0.1, 0.15) is 0 Å². The summed E-state index contributed by atoms with van der Waals surface area (Å²) in [6.45, 7) is 5.42. The van der Waals surface area contributed by atoms with Crippen LogP contribution in [0, 0.1) is 0 Å². The van der Waals surface area contributed by atoms with Gasteiger partial charge in [-0.1, -0.05) is 13.8 Å². The molecular weight excluding hydrogens is 104 g/mol. The molecule has 0 aliphatic heterocycles. The minimum absolute atomic E-state index is 0.688. The van der Waals surface area contributed by atoms with Crippen LogP contribution in [0.25, 0.3) is 0 Å². The summed E-state index contributed by atoms with van der Waals surface area (Å²) in [7, 11) is 0. The molecule has 0 unspecified atom stereocenters. The third kappa shape index (κ3) is 4.05. The van der Waals surface area contributed by atoms with Gasteiger partial charge in [-0.15, -0.1) is 5.17 Å². The molecule has 0 aromatic rings. The highest BCUT2D eigenvalue weighted by Gasteiger charge is 1.90. The Morgan fingerprint density at radius 3 is 2.50 bits per heavy atom. The molecule has 3 heteroatoms. The Labute approximate surface area is 50.2 Å². The lowest BCUT2D eigenvalue weighted by molar-refractivity contribution is -0.135. The number of rotatable bonds is 4. The molecule has 50 valence electrons. The van der Waals surface area contributed by atoms with Gasteiger partial charge in [0, 0.05) is 13.1 Å². The van der Waals surface area contributed by atoms with Crippen molar-refractivity contribution >= 4 is 0 Å². The summed E-state index contributed by atoms with van der Waals surface area (Å²) in [5.41, 5.74) is 2.74. The van der Waals surface area contributed by atoms with E-state index in [1.54, 1.807) is 0 Å². The van der Waals surface area contributed by atoms with Crippen molar-refractivity contribution < 1.29 is 5.21 Å². The SMILES string of the molecule is CCCN(O)NCC. The predicted molar refractivity (Wildman–Crippen MR) is 32.5 cm³/mol. The van der Waals surface area contributed by atoms with Gasteiger partial charge in [-0.05, 0) is 6.42 Å². The van der Waals surface area contributed by atoms with Crippen LogP contribution in [0.1, 0.15) is 20.3 Å². The van der Waals surface area contributed by atoms with Crippen molar-refractivity contribution in [2.45, 2.75) is 20.3 Å². The fraction of sp³-hybridized carbons (Fsp3) is 1.00. The zero-order valence-electron chi connectivity index (χ0n) is 5.52. The average molecular weight is 118 g/mol. The van der Waals surface area contributed by atoms with E-state index in [1.165, 1.54) is 0 Å². The van der Waals surface area contributed by atoms with Gasteiger partial charge in [-0.3, -0.25) is 5.21 Å².